The number of aryl methyl sites for hydroxylation is 1. The summed E-state index contributed by atoms with van der Waals surface area (Å²) in [5.74, 6) is 5.44. The van der Waals surface area contributed by atoms with Crippen LogP contribution in [0.1, 0.15) is 17.5 Å². The monoisotopic (exact) mass is 258 g/mol. The molecule has 1 N–H and O–H groups in total. The third-order valence-corrected chi connectivity index (χ3v) is 1.99. The lowest BCUT2D eigenvalue weighted by Gasteiger charge is -2.11. The molecule has 18 heavy (non-hydrogen) atoms. The SMILES string of the molecule is Cc1ccc(OCC(F)(F)F)c(C#CCCO)c1. The molecule has 98 valence electrons. The number of alkyl halides is 3. The molecular weight excluding hydrogens is 245 g/mol. The second-order valence-electron chi connectivity index (χ2n) is 3.68. The van der Waals surface area contributed by atoms with E-state index in [2.05, 4.69) is 11.8 Å². The molecule has 0 aliphatic rings. The van der Waals surface area contributed by atoms with Gasteiger partial charge in [0, 0.05) is 6.42 Å². The Labute approximate surface area is 103 Å². The molecule has 0 saturated carbocycles. The predicted molar refractivity (Wildman–Crippen MR) is 61.3 cm³/mol. The minimum Gasteiger partial charge on any atom is -0.483 e. The van der Waals surface area contributed by atoms with E-state index in [0.29, 0.717) is 5.56 Å². The van der Waals surface area contributed by atoms with Gasteiger partial charge in [0.25, 0.3) is 0 Å². The van der Waals surface area contributed by atoms with Crippen molar-refractivity contribution in [1.82, 2.24) is 0 Å². The molecule has 0 aliphatic carbocycles. The molecule has 0 spiro atoms. The van der Waals surface area contributed by atoms with Gasteiger partial charge in [0.2, 0.25) is 0 Å². The molecule has 1 rings (SSSR count). The minimum atomic E-state index is -4.37. The van der Waals surface area contributed by atoms with E-state index in [1.807, 2.05) is 6.92 Å². The summed E-state index contributed by atoms with van der Waals surface area (Å²) >= 11 is 0. The zero-order valence-electron chi connectivity index (χ0n) is 9.84. The highest BCUT2D eigenvalue weighted by Crippen LogP contribution is 2.22. The number of rotatable bonds is 3. The quantitative estimate of drug-likeness (QED) is 0.845. The second-order valence-corrected chi connectivity index (χ2v) is 3.68. The standard InChI is InChI=1S/C13H13F3O2/c1-10-5-6-12(18-9-13(14,15)16)11(8-10)4-2-3-7-17/h5-6,8,17H,3,7,9H2,1H3. The first kappa shape index (κ1) is 14.4. The van der Waals surface area contributed by atoms with Crippen LogP contribution >= 0.6 is 0 Å². The van der Waals surface area contributed by atoms with Crippen LogP contribution in [-0.2, 0) is 0 Å². The van der Waals surface area contributed by atoms with Gasteiger partial charge in [0.05, 0.1) is 12.2 Å². The Hall–Kier alpha value is -1.67. The summed E-state index contributed by atoms with van der Waals surface area (Å²) in [7, 11) is 0. The maximum atomic E-state index is 12.1. The fraction of sp³-hybridized carbons (Fsp3) is 0.385. The first-order valence-electron chi connectivity index (χ1n) is 5.32. The van der Waals surface area contributed by atoms with E-state index < -0.39 is 12.8 Å². The first-order chi connectivity index (χ1) is 8.42. The number of aliphatic hydroxyl groups is 1. The highest BCUT2D eigenvalue weighted by atomic mass is 19.4. The van der Waals surface area contributed by atoms with Gasteiger partial charge in [-0.1, -0.05) is 17.9 Å². The molecule has 0 atom stereocenters. The minimum absolute atomic E-state index is 0.0858. The van der Waals surface area contributed by atoms with Crippen LogP contribution < -0.4 is 4.74 Å². The van der Waals surface area contributed by atoms with E-state index in [1.165, 1.54) is 6.07 Å². The summed E-state index contributed by atoms with van der Waals surface area (Å²) in [5, 5.41) is 8.60. The van der Waals surface area contributed by atoms with Crippen molar-refractivity contribution in [1.29, 1.82) is 0 Å². The largest absolute Gasteiger partial charge is 0.483 e. The molecule has 1 aromatic carbocycles. The Bertz CT molecular complexity index is 456. The molecular formula is C13H13F3O2. The lowest BCUT2D eigenvalue weighted by molar-refractivity contribution is -0.153. The van der Waals surface area contributed by atoms with Crippen molar-refractivity contribution in [3.63, 3.8) is 0 Å². The molecule has 0 unspecified atom stereocenters. The van der Waals surface area contributed by atoms with Gasteiger partial charge in [-0.05, 0) is 24.6 Å². The van der Waals surface area contributed by atoms with E-state index in [9.17, 15) is 13.2 Å². The van der Waals surface area contributed by atoms with Gasteiger partial charge < -0.3 is 9.84 Å². The molecule has 1 aromatic rings. The fourth-order valence-electron chi connectivity index (χ4n) is 1.24. The normalized spacial score (nSPS) is 10.7. The predicted octanol–water partition coefficient (Wildman–Crippen LogP) is 2.67. The Morgan fingerprint density at radius 3 is 2.67 bits per heavy atom. The Kier molecular flexibility index (Phi) is 5.05. The van der Waals surface area contributed by atoms with Gasteiger partial charge in [-0.15, -0.1) is 0 Å². The Morgan fingerprint density at radius 2 is 2.06 bits per heavy atom. The third kappa shape index (κ3) is 5.11. The van der Waals surface area contributed by atoms with Crippen molar-refractivity contribution in [3.05, 3.63) is 29.3 Å². The van der Waals surface area contributed by atoms with Gasteiger partial charge in [-0.25, -0.2) is 0 Å². The number of hydrogen-bond donors (Lipinski definition) is 1. The Balaban J connectivity index is 2.87. The molecule has 0 heterocycles. The van der Waals surface area contributed by atoms with Crippen LogP contribution in [0, 0.1) is 18.8 Å². The first-order valence-corrected chi connectivity index (χ1v) is 5.32. The summed E-state index contributed by atoms with van der Waals surface area (Å²) in [6.45, 7) is 0.382. The van der Waals surface area contributed by atoms with Gasteiger partial charge in [-0.2, -0.15) is 13.2 Å². The van der Waals surface area contributed by atoms with E-state index in [0.717, 1.165) is 5.56 Å². The lowest BCUT2D eigenvalue weighted by atomic mass is 10.1. The van der Waals surface area contributed by atoms with Crippen molar-refractivity contribution < 1.29 is 23.0 Å². The third-order valence-electron chi connectivity index (χ3n) is 1.99. The summed E-state index contributed by atoms with van der Waals surface area (Å²) in [6.07, 6.45) is -4.10. The number of benzene rings is 1. The topological polar surface area (TPSA) is 29.5 Å². The van der Waals surface area contributed by atoms with Crippen molar-refractivity contribution in [2.45, 2.75) is 19.5 Å². The van der Waals surface area contributed by atoms with Crippen LogP contribution in [0.4, 0.5) is 13.2 Å². The highest BCUT2D eigenvalue weighted by molar-refractivity contribution is 5.48. The van der Waals surface area contributed by atoms with E-state index >= 15 is 0 Å². The van der Waals surface area contributed by atoms with Crippen LogP contribution in [0.25, 0.3) is 0 Å². The van der Waals surface area contributed by atoms with Gasteiger partial charge in [0.1, 0.15) is 5.75 Å². The summed E-state index contributed by atoms with van der Waals surface area (Å²) in [4.78, 5) is 0. The van der Waals surface area contributed by atoms with Gasteiger partial charge in [0.15, 0.2) is 6.61 Å². The van der Waals surface area contributed by atoms with Crippen LogP contribution in [0.15, 0.2) is 18.2 Å². The van der Waals surface area contributed by atoms with Gasteiger partial charge >= 0.3 is 6.18 Å². The average Bonchev–Trinajstić information content (AvgIpc) is 2.27. The number of halogens is 3. The van der Waals surface area contributed by atoms with E-state index in [1.54, 1.807) is 12.1 Å². The van der Waals surface area contributed by atoms with Crippen LogP contribution in [0.3, 0.4) is 0 Å². The molecule has 0 aromatic heterocycles. The fourth-order valence-corrected chi connectivity index (χ4v) is 1.24. The van der Waals surface area contributed by atoms with Crippen molar-refractivity contribution in [3.8, 4) is 17.6 Å². The van der Waals surface area contributed by atoms with Crippen molar-refractivity contribution in [2.75, 3.05) is 13.2 Å². The average molecular weight is 258 g/mol. The van der Waals surface area contributed by atoms with Crippen LogP contribution in [-0.4, -0.2) is 24.5 Å². The zero-order valence-corrected chi connectivity index (χ0v) is 9.84. The molecule has 0 aliphatic heterocycles. The van der Waals surface area contributed by atoms with E-state index in [4.69, 9.17) is 9.84 Å². The maximum absolute atomic E-state index is 12.1. The molecule has 0 radical (unpaired) electrons. The zero-order chi connectivity index (χ0) is 13.6. The molecule has 2 nitrogen and oxygen atoms in total. The number of aliphatic hydroxyl groups excluding tert-OH is 1. The number of hydrogen-bond acceptors (Lipinski definition) is 2. The highest BCUT2D eigenvalue weighted by Gasteiger charge is 2.28. The molecule has 5 heteroatoms. The second kappa shape index (κ2) is 6.31. The van der Waals surface area contributed by atoms with E-state index in [-0.39, 0.29) is 18.8 Å². The Morgan fingerprint density at radius 1 is 1.33 bits per heavy atom. The summed E-state index contributed by atoms with van der Waals surface area (Å²) < 4.78 is 40.9. The van der Waals surface area contributed by atoms with Crippen LogP contribution in [0.5, 0.6) is 5.75 Å². The van der Waals surface area contributed by atoms with Crippen molar-refractivity contribution >= 4 is 0 Å². The lowest BCUT2D eigenvalue weighted by Crippen LogP contribution is -2.19. The van der Waals surface area contributed by atoms with Gasteiger partial charge in [-0.3, -0.25) is 0 Å². The number of ether oxygens (including phenoxy) is 1. The molecule has 0 fully saturated rings. The maximum Gasteiger partial charge on any atom is 0.422 e. The smallest absolute Gasteiger partial charge is 0.422 e. The molecule has 0 saturated heterocycles. The van der Waals surface area contributed by atoms with Crippen LogP contribution in [0.2, 0.25) is 0 Å². The summed E-state index contributed by atoms with van der Waals surface area (Å²) in [6, 6.07) is 4.77. The summed E-state index contributed by atoms with van der Waals surface area (Å²) in [5.41, 5.74) is 1.27. The molecule has 0 bridgehead atoms. The van der Waals surface area contributed by atoms with Crippen molar-refractivity contribution in [2.24, 2.45) is 0 Å². The molecule has 0 amide bonds.